The van der Waals surface area contributed by atoms with Gasteiger partial charge in [0.2, 0.25) is 0 Å². The molecule has 2 aromatic carbocycles. The van der Waals surface area contributed by atoms with Crippen LogP contribution in [0.4, 0.5) is 14.5 Å². The van der Waals surface area contributed by atoms with Crippen molar-refractivity contribution in [2.45, 2.75) is 19.0 Å². The number of hydrogen-bond donors (Lipinski definition) is 2. The van der Waals surface area contributed by atoms with Crippen molar-refractivity contribution in [3.8, 4) is 6.07 Å². The molecule has 1 heterocycles. The summed E-state index contributed by atoms with van der Waals surface area (Å²) in [6, 6.07) is 13.2. The Balaban J connectivity index is 0.00000280. The lowest BCUT2D eigenvalue weighted by atomic mass is 10.1. The van der Waals surface area contributed by atoms with Gasteiger partial charge in [0, 0.05) is 38.8 Å². The van der Waals surface area contributed by atoms with Crippen molar-refractivity contribution in [2.75, 3.05) is 25.0 Å². The van der Waals surface area contributed by atoms with Crippen molar-refractivity contribution in [2.24, 2.45) is 4.99 Å². The Labute approximate surface area is 180 Å². The maximum Gasteiger partial charge on any atom is 0.191 e. The van der Waals surface area contributed by atoms with Crippen molar-refractivity contribution in [3.63, 3.8) is 0 Å². The first-order valence-corrected chi connectivity index (χ1v) is 8.75. The van der Waals surface area contributed by atoms with Gasteiger partial charge in [-0.25, -0.2) is 8.78 Å². The first-order chi connectivity index (χ1) is 13.1. The number of aliphatic imine (C=N–C) groups is 1. The smallest absolute Gasteiger partial charge is 0.191 e. The maximum absolute atomic E-state index is 14.0. The largest absolute Gasteiger partial charge is 0.367 e. The molecular formula is C20H22F2IN5. The van der Waals surface area contributed by atoms with Crippen molar-refractivity contribution in [1.29, 1.82) is 5.26 Å². The molecule has 1 aliphatic heterocycles. The molecule has 0 bridgehead atoms. The second kappa shape index (κ2) is 10.2. The third-order valence-corrected chi connectivity index (χ3v) is 4.55. The van der Waals surface area contributed by atoms with Crippen LogP contribution in [0.25, 0.3) is 0 Å². The summed E-state index contributed by atoms with van der Waals surface area (Å²) in [5.41, 5.74) is 2.08. The van der Waals surface area contributed by atoms with E-state index in [1.165, 1.54) is 12.1 Å². The Bertz CT molecular complexity index is 864. The van der Waals surface area contributed by atoms with Crippen LogP contribution < -0.4 is 15.5 Å². The van der Waals surface area contributed by atoms with Crippen LogP contribution in [0.3, 0.4) is 0 Å². The van der Waals surface area contributed by atoms with Crippen molar-refractivity contribution < 1.29 is 8.78 Å². The fraction of sp³-hybridized carbons (Fsp3) is 0.300. The second-order valence-electron chi connectivity index (χ2n) is 6.41. The van der Waals surface area contributed by atoms with Gasteiger partial charge in [-0.3, -0.25) is 4.99 Å². The van der Waals surface area contributed by atoms with Crippen LogP contribution in [-0.4, -0.2) is 32.1 Å². The van der Waals surface area contributed by atoms with E-state index in [9.17, 15) is 8.78 Å². The van der Waals surface area contributed by atoms with Gasteiger partial charge >= 0.3 is 0 Å². The average Bonchev–Trinajstić information content (AvgIpc) is 3.13. The Kier molecular flexibility index (Phi) is 7.99. The van der Waals surface area contributed by atoms with Gasteiger partial charge in [-0.2, -0.15) is 5.26 Å². The summed E-state index contributed by atoms with van der Waals surface area (Å²) in [5.74, 6) is -0.456. The number of hydrogen-bond acceptors (Lipinski definition) is 3. The number of rotatable bonds is 4. The Morgan fingerprint density at radius 1 is 1.25 bits per heavy atom. The third kappa shape index (κ3) is 5.55. The zero-order valence-corrected chi connectivity index (χ0v) is 17.8. The molecule has 0 radical (unpaired) electrons. The molecule has 148 valence electrons. The zero-order chi connectivity index (χ0) is 19.2. The first-order valence-electron chi connectivity index (χ1n) is 8.75. The fourth-order valence-electron chi connectivity index (χ4n) is 3.11. The Morgan fingerprint density at radius 2 is 2.00 bits per heavy atom. The second-order valence-corrected chi connectivity index (χ2v) is 6.41. The number of nitrogens with one attached hydrogen (secondary N) is 2. The minimum absolute atomic E-state index is 0. The van der Waals surface area contributed by atoms with Crippen LogP contribution in [0.5, 0.6) is 0 Å². The quantitative estimate of drug-likeness (QED) is 0.386. The topological polar surface area (TPSA) is 63.5 Å². The van der Waals surface area contributed by atoms with Gasteiger partial charge in [0.05, 0.1) is 17.3 Å². The summed E-state index contributed by atoms with van der Waals surface area (Å²) in [7, 11) is 1.69. The van der Waals surface area contributed by atoms with Crippen LogP contribution in [0.15, 0.2) is 47.5 Å². The molecule has 1 atom stereocenters. The average molecular weight is 497 g/mol. The lowest BCUT2D eigenvalue weighted by molar-refractivity contribution is 0.580. The highest BCUT2D eigenvalue weighted by Gasteiger charge is 2.25. The van der Waals surface area contributed by atoms with E-state index in [0.717, 1.165) is 18.1 Å². The minimum atomic E-state index is -0.572. The molecule has 0 aromatic heterocycles. The summed E-state index contributed by atoms with van der Waals surface area (Å²) in [4.78, 5) is 6.13. The predicted molar refractivity (Wildman–Crippen MR) is 117 cm³/mol. The SMILES string of the molecule is CN=C(NCc1ccc(C#N)cc1)NC1CCN(c2ccc(F)cc2F)C1.I. The number of benzene rings is 2. The van der Waals surface area contributed by atoms with Crippen LogP contribution in [0.1, 0.15) is 17.5 Å². The highest BCUT2D eigenvalue weighted by atomic mass is 127. The highest BCUT2D eigenvalue weighted by Crippen LogP contribution is 2.24. The van der Waals surface area contributed by atoms with E-state index in [-0.39, 0.29) is 30.0 Å². The van der Waals surface area contributed by atoms with Gasteiger partial charge in [0.15, 0.2) is 5.96 Å². The molecule has 0 aliphatic carbocycles. The molecule has 2 aromatic rings. The molecular weight excluding hydrogens is 475 g/mol. The zero-order valence-electron chi connectivity index (χ0n) is 15.5. The molecule has 2 N–H and O–H groups in total. The summed E-state index contributed by atoms with van der Waals surface area (Å²) in [5, 5.41) is 15.4. The summed E-state index contributed by atoms with van der Waals surface area (Å²) < 4.78 is 27.0. The number of anilines is 1. The molecule has 8 heteroatoms. The van der Waals surface area contributed by atoms with E-state index >= 15 is 0 Å². The van der Waals surface area contributed by atoms with Crippen molar-refractivity contribution in [1.82, 2.24) is 10.6 Å². The molecule has 1 saturated heterocycles. The molecule has 0 amide bonds. The Morgan fingerprint density at radius 3 is 2.64 bits per heavy atom. The van der Waals surface area contributed by atoms with Gasteiger partial charge in [0.1, 0.15) is 11.6 Å². The van der Waals surface area contributed by atoms with Gasteiger partial charge in [-0.15, -0.1) is 24.0 Å². The van der Waals surface area contributed by atoms with E-state index in [1.54, 1.807) is 19.2 Å². The number of halogens is 3. The summed E-state index contributed by atoms with van der Waals surface area (Å²) in [6.07, 6.45) is 0.828. The number of nitriles is 1. The normalized spacial score (nSPS) is 16.3. The molecule has 1 unspecified atom stereocenters. The molecule has 5 nitrogen and oxygen atoms in total. The van der Waals surface area contributed by atoms with Gasteiger partial charge in [-0.05, 0) is 36.2 Å². The number of nitrogens with zero attached hydrogens (tertiary/aromatic N) is 3. The predicted octanol–water partition coefficient (Wildman–Crippen LogP) is 3.40. The molecule has 0 saturated carbocycles. The standard InChI is InChI=1S/C20H21F2N5.HI/c1-24-20(25-12-15-4-2-14(11-23)3-5-15)26-17-8-9-27(13-17)19-7-6-16(21)10-18(19)22;/h2-7,10,17H,8-9,12-13H2,1H3,(H2,24,25,26);1H. The molecule has 1 fully saturated rings. The minimum Gasteiger partial charge on any atom is -0.367 e. The number of guanidine groups is 1. The monoisotopic (exact) mass is 497 g/mol. The van der Waals surface area contributed by atoms with Crippen molar-refractivity contribution in [3.05, 3.63) is 65.2 Å². The summed E-state index contributed by atoms with van der Waals surface area (Å²) >= 11 is 0. The third-order valence-electron chi connectivity index (χ3n) is 4.55. The van der Waals surface area contributed by atoms with Crippen molar-refractivity contribution >= 4 is 35.6 Å². The van der Waals surface area contributed by atoms with Crippen LogP contribution in [0, 0.1) is 23.0 Å². The molecule has 1 aliphatic rings. The van der Waals surface area contributed by atoms with E-state index < -0.39 is 11.6 Å². The molecule has 0 spiro atoms. The molecule has 28 heavy (non-hydrogen) atoms. The van der Waals surface area contributed by atoms with Crippen LogP contribution in [0.2, 0.25) is 0 Å². The van der Waals surface area contributed by atoms with Gasteiger partial charge in [-0.1, -0.05) is 12.1 Å². The van der Waals surface area contributed by atoms with E-state index in [4.69, 9.17) is 5.26 Å². The Hall–Kier alpha value is -2.41. The van der Waals surface area contributed by atoms with E-state index in [0.29, 0.717) is 36.8 Å². The van der Waals surface area contributed by atoms with Gasteiger partial charge < -0.3 is 15.5 Å². The summed E-state index contributed by atoms with van der Waals surface area (Å²) in [6.45, 7) is 1.88. The lowest BCUT2D eigenvalue weighted by Crippen LogP contribution is -2.44. The van der Waals surface area contributed by atoms with Crippen LogP contribution >= 0.6 is 24.0 Å². The maximum atomic E-state index is 14.0. The highest BCUT2D eigenvalue weighted by molar-refractivity contribution is 14.0. The van der Waals surface area contributed by atoms with Crippen LogP contribution in [-0.2, 0) is 6.54 Å². The molecule has 3 rings (SSSR count). The van der Waals surface area contributed by atoms with Gasteiger partial charge in [0.25, 0.3) is 0 Å². The van der Waals surface area contributed by atoms with E-state index in [2.05, 4.69) is 21.7 Å². The first kappa shape index (κ1) is 21.9. The lowest BCUT2D eigenvalue weighted by Gasteiger charge is -2.21. The van der Waals surface area contributed by atoms with E-state index in [1.807, 2.05) is 17.0 Å². The fourth-order valence-corrected chi connectivity index (χ4v) is 3.11.